The second-order valence-corrected chi connectivity index (χ2v) is 10.9. The van der Waals surface area contributed by atoms with E-state index in [0.29, 0.717) is 17.1 Å². The van der Waals surface area contributed by atoms with Crippen LogP contribution in [0.5, 0.6) is 11.5 Å². The van der Waals surface area contributed by atoms with Gasteiger partial charge in [-0.05, 0) is 61.4 Å². The molecule has 9 heteroatoms. The molecule has 1 amide bonds. The molecule has 0 fully saturated rings. The zero-order valence-corrected chi connectivity index (χ0v) is 23.8. The molecule has 2 aromatic rings. The van der Waals surface area contributed by atoms with Gasteiger partial charge in [0.05, 0.1) is 7.11 Å². The summed E-state index contributed by atoms with van der Waals surface area (Å²) in [5, 5.41) is 15.4. The molecule has 9 nitrogen and oxygen atoms in total. The Hall–Kier alpha value is -3.62. The van der Waals surface area contributed by atoms with Gasteiger partial charge in [-0.3, -0.25) is 10.1 Å². The molecule has 0 aliphatic rings. The van der Waals surface area contributed by atoms with Crippen molar-refractivity contribution in [1.29, 1.82) is 0 Å². The van der Waals surface area contributed by atoms with Crippen LogP contribution < -0.4 is 14.8 Å². The highest BCUT2D eigenvalue weighted by Crippen LogP contribution is 2.39. The summed E-state index contributed by atoms with van der Waals surface area (Å²) in [6.07, 6.45) is -1.15. The van der Waals surface area contributed by atoms with E-state index < -0.39 is 34.2 Å². The topological polar surface area (TPSA) is 117 Å². The van der Waals surface area contributed by atoms with Crippen molar-refractivity contribution in [3.63, 3.8) is 0 Å². The molecule has 2 atom stereocenters. The molecular weight excluding hydrogens is 488 g/mol. The monoisotopic (exact) mass is 528 g/mol. The first-order chi connectivity index (χ1) is 17.7. The Balaban J connectivity index is 2.71. The number of carbonyl (C=O) groups is 2. The number of benzene rings is 2. The van der Waals surface area contributed by atoms with E-state index in [1.165, 1.54) is 14.0 Å². The second kappa shape index (κ2) is 12.3. The van der Waals surface area contributed by atoms with Crippen LogP contribution in [0.15, 0.2) is 42.5 Å². The van der Waals surface area contributed by atoms with Crippen LogP contribution in [0.1, 0.15) is 96.4 Å². The van der Waals surface area contributed by atoms with Crippen LogP contribution in [-0.4, -0.2) is 35.2 Å². The van der Waals surface area contributed by atoms with Gasteiger partial charge in [0, 0.05) is 11.3 Å². The molecule has 0 aliphatic heterocycles. The first-order valence-corrected chi connectivity index (χ1v) is 12.8. The van der Waals surface area contributed by atoms with Gasteiger partial charge < -0.3 is 19.5 Å². The van der Waals surface area contributed by atoms with Gasteiger partial charge in [0.15, 0.2) is 0 Å². The number of ether oxygens (including phenoxy) is 3. The molecule has 0 radical (unpaired) electrons. The second-order valence-electron chi connectivity index (χ2n) is 10.9. The fraction of sp³-hybridized carbons (Fsp3) is 0.517. The fourth-order valence-electron chi connectivity index (χ4n) is 4.26. The maximum Gasteiger partial charge on any atom is 0.408 e. The Bertz CT molecular complexity index is 1110. The third-order valence-electron chi connectivity index (χ3n) is 6.32. The van der Waals surface area contributed by atoms with E-state index >= 15 is 0 Å². The molecular formula is C29H40N2O7. The number of esters is 1. The lowest BCUT2D eigenvalue weighted by molar-refractivity contribution is -0.561. The van der Waals surface area contributed by atoms with Crippen LogP contribution in [0.4, 0.5) is 4.79 Å². The number of methoxy groups -OCH3 is 1. The number of nitro groups is 1. The van der Waals surface area contributed by atoms with Gasteiger partial charge in [-0.1, -0.05) is 65.0 Å². The van der Waals surface area contributed by atoms with Crippen molar-refractivity contribution in [3.05, 3.63) is 69.3 Å². The zero-order chi connectivity index (χ0) is 28.8. The largest absolute Gasteiger partial charge is 0.497 e. The van der Waals surface area contributed by atoms with Crippen LogP contribution in [0.3, 0.4) is 0 Å². The van der Waals surface area contributed by atoms with Crippen molar-refractivity contribution in [1.82, 2.24) is 5.32 Å². The van der Waals surface area contributed by atoms with Gasteiger partial charge in [0.1, 0.15) is 23.1 Å². The lowest BCUT2D eigenvalue weighted by Gasteiger charge is -2.32. The summed E-state index contributed by atoms with van der Waals surface area (Å²) >= 11 is 0. The summed E-state index contributed by atoms with van der Waals surface area (Å²) in [4.78, 5) is 39.0. The zero-order valence-electron chi connectivity index (χ0n) is 23.8. The summed E-state index contributed by atoms with van der Waals surface area (Å²) in [6.45, 7) is 14.4. The van der Waals surface area contributed by atoms with Gasteiger partial charge >= 0.3 is 17.6 Å². The van der Waals surface area contributed by atoms with E-state index in [4.69, 9.17) is 14.2 Å². The number of para-hydroxylation sites is 1. The van der Waals surface area contributed by atoms with Gasteiger partial charge in [-0.15, -0.1) is 0 Å². The highest BCUT2D eigenvalue weighted by molar-refractivity contribution is 5.84. The Morgan fingerprint density at radius 3 is 1.89 bits per heavy atom. The lowest BCUT2D eigenvalue weighted by atomic mass is 9.83. The van der Waals surface area contributed by atoms with E-state index in [1.54, 1.807) is 45.0 Å². The third kappa shape index (κ3) is 6.82. The molecule has 208 valence electrons. The summed E-state index contributed by atoms with van der Waals surface area (Å²) in [7, 11) is 1.49. The van der Waals surface area contributed by atoms with Crippen molar-refractivity contribution in [2.45, 2.75) is 90.8 Å². The molecule has 1 N–H and O–H groups in total. The van der Waals surface area contributed by atoms with E-state index in [-0.39, 0.29) is 18.3 Å². The highest BCUT2D eigenvalue weighted by Gasteiger charge is 2.59. The Morgan fingerprint density at radius 1 is 0.974 bits per heavy atom. The number of amides is 1. The molecule has 0 spiro atoms. The van der Waals surface area contributed by atoms with E-state index in [1.807, 2.05) is 45.9 Å². The van der Waals surface area contributed by atoms with Crippen molar-refractivity contribution < 1.29 is 28.7 Å². The molecule has 0 heterocycles. The standard InChI is InChI=1S/C29H40N2O7/c1-10-29(31(34)35,26(32)37-24-22(18(2)3)12-11-13-23(24)19(4)5)25(30-27(33)38-28(6,7)8)20-14-16-21(36-9)17-15-20/h11-19,25H,10H2,1-9H3,(H,30,33)/t25?,29-/m0/s1. The van der Waals surface area contributed by atoms with Crippen LogP contribution in [0, 0.1) is 10.1 Å². The van der Waals surface area contributed by atoms with Crippen LogP contribution in [0.25, 0.3) is 0 Å². The summed E-state index contributed by atoms with van der Waals surface area (Å²) in [5.74, 6) is -0.242. The van der Waals surface area contributed by atoms with Crippen molar-refractivity contribution >= 4 is 12.1 Å². The maximum atomic E-state index is 14.0. The minimum Gasteiger partial charge on any atom is -0.497 e. The SMILES string of the molecule is CC[C@@](C(=O)Oc1c(C(C)C)cccc1C(C)C)(C(NC(=O)OC(C)(C)C)c1ccc(OC)cc1)[N+](=O)[O-]. The lowest BCUT2D eigenvalue weighted by Crippen LogP contribution is -2.58. The fourth-order valence-corrected chi connectivity index (χ4v) is 4.26. The highest BCUT2D eigenvalue weighted by atomic mass is 16.6. The van der Waals surface area contributed by atoms with Crippen LogP contribution >= 0.6 is 0 Å². The van der Waals surface area contributed by atoms with Crippen molar-refractivity contribution in [3.8, 4) is 11.5 Å². The predicted octanol–water partition coefficient (Wildman–Crippen LogP) is 6.54. The number of rotatable bonds is 10. The first-order valence-electron chi connectivity index (χ1n) is 12.8. The number of hydrogen-bond donors (Lipinski definition) is 1. The number of nitrogens with one attached hydrogen (secondary N) is 1. The van der Waals surface area contributed by atoms with Crippen LogP contribution in [0.2, 0.25) is 0 Å². The van der Waals surface area contributed by atoms with E-state index in [9.17, 15) is 19.7 Å². The van der Waals surface area contributed by atoms with Gasteiger partial charge in [0.25, 0.3) is 0 Å². The Morgan fingerprint density at radius 2 is 1.50 bits per heavy atom. The number of hydrogen-bond acceptors (Lipinski definition) is 7. The maximum absolute atomic E-state index is 14.0. The minimum atomic E-state index is -2.36. The number of carbonyl (C=O) groups excluding carboxylic acids is 2. The Kier molecular flexibility index (Phi) is 9.89. The first kappa shape index (κ1) is 30.6. The minimum absolute atomic E-state index is 0.000376. The molecule has 0 saturated heterocycles. The average molecular weight is 529 g/mol. The third-order valence-corrected chi connectivity index (χ3v) is 6.32. The smallest absolute Gasteiger partial charge is 0.408 e. The van der Waals surface area contributed by atoms with E-state index in [0.717, 1.165) is 11.1 Å². The summed E-state index contributed by atoms with van der Waals surface area (Å²) in [5.41, 5.74) is -1.36. The normalized spacial score (nSPS) is 14.0. The molecule has 2 rings (SSSR count). The summed E-state index contributed by atoms with van der Waals surface area (Å²) in [6, 6.07) is 10.5. The van der Waals surface area contributed by atoms with Gasteiger partial charge in [-0.25, -0.2) is 9.59 Å². The summed E-state index contributed by atoms with van der Waals surface area (Å²) < 4.78 is 16.6. The average Bonchev–Trinajstić information content (AvgIpc) is 2.82. The Labute approximate surface area is 225 Å². The van der Waals surface area contributed by atoms with Gasteiger partial charge in [-0.2, -0.15) is 0 Å². The van der Waals surface area contributed by atoms with Gasteiger partial charge in [0.2, 0.25) is 0 Å². The van der Waals surface area contributed by atoms with Crippen molar-refractivity contribution in [2.75, 3.05) is 7.11 Å². The number of alkyl carbamates (subject to hydrolysis) is 1. The molecule has 0 saturated carbocycles. The molecule has 2 aromatic carbocycles. The molecule has 1 unspecified atom stereocenters. The molecule has 38 heavy (non-hydrogen) atoms. The molecule has 0 aliphatic carbocycles. The van der Waals surface area contributed by atoms with Crippen molar-refractivity contribution in [2.24, 2.45) is 0 Å². The van der Waals surface area contributed by atoms with E-state index in [2.05, 4.69) is 5.32 Å². The molecule has 0 aromatic heterocycles. The van der Waals surface area contributed by atoms with Crippen LogP contribution in [-0.2, 0) is 9.53 Å². The molecule has 0 bridgehead atoms. The quantitative estimate of drug-likeness (QED) is 0.161. The predicted molar refractivity (Wildman–Crippen MR) is 145 cm³/mol. The number of nitrogens with zero attached hydrogens (tertiary/aromatic N) is 1.